The molecule has 1 fully saturated rings. The molecule has 1 atom stereocenters. The van der Waals surface area contributed by atoms with Gasteiger partial charge in [-0.1, -0.05) is 57.2 Å². The quantitative estimate of drug-likeness (QED) is 0.831. The van der Waals surface area contributed by atoms with Gasteiger partial charge in [-0.25, -0.2) is 9.78 Å². The molecule has 144 valence electrons. The maximum absolute atomic E-state index is 12.5. The van der Waals surface area contributed by atoms with E-state index in [1.807, 2.05) is 36.5 Å². The molecule has 2 aromatic rings. The summed E-state index contributed by atoms with van der Waals surface area (Å²) in [5.74, 6) is 1.03. The second-order valence-corrected chi connectivity index (χ2v) is 8.26. The number of rotatable bonds is 5. The number of benzene rings is 1. The van der Waals surface area contributed by atoms with Gasteiger partial charge in [0.1, 0.15) is 5.82 Å². The maximum atomic E-state index is 12.5. The van der Waals surface area contributed by atoms with Gasteiger partial charge in [0, 0.05) is 25.8 Å². The Morgan fingerprint density at radius 2 is 1.81 bits per heavy atom. The fraction of sp³-hybridized carbons (Fsp3) is 0.455. The number of hydrogen-bond acceptors (Lipinski definition) is 3. The van der Waals surface area contributed by atoms with Crippen molar-refractivity contribution in [3.8, 4) is 0 Å². The first-order chi connectivity index (χ1) is 12.9. The lowest BCUT2D eigenvalue weighted by molar-refractivity contribution is 0.218. The van der Waals surface area contributed by atoms with Crippen LogP contribution in [0.25, 0.3) is 0 Å². The fourth-order valence-electron chi connectivity index (χ4n) is 3.46. The van der Waals surface area contributed by atoms with Crippen molar-refractivity contribution in [1.82, 2.24) is 15.6 Å². The van der Waals surface area contributed by atoms with Gasteiger partial charge in [-0.05, 0) is 35.4 Å². The highest BCUT2D eigenvalue weighted by Gasteiger charge is 2.27. The Balaban J connectivity index is 1.56. The van der Waals surface area contributed by atoms with Crippen LogP contribution in [0, 0.1) is 5.41 Å². The van der Waals surface area contributed by atoms with Crippen molar-refractivity contribution >= 4 is 11.8 Å². The molecule has 0 radical (unpaired) electrons. The summed E-state index contributed by atoms with van der Waals surface area (Å²) >= 11 is 0. The SMILES string of the molecule is CC(C)(C)C(NC(=O)NCc1ccc(N2CCCC2)nc1)c1ccccc1. The second kappa shape index (κ2) is 8.42. The minimum Gasteiger partial charge on any atom is -0.357 e. The molecule has 2 N–H and O–H groups in total. The molecule has 1 aliphatic heterocycles. The molecule has 5 nitrogen and oxygen atoms in total. The normalized spacial score (nSPS) is 15.4. The molecule has 5 heteroatoms. The zero-order valence-corrected chi connectivity index (χ0v) is 16.5. The molecule has 1 saturated heterocycles. The predicted octanol–water partition coefficient (Wildman–Crippen LogP) is 4.27. The van der Waals surface area contributed by atoms with E-state index >= 15 is 0 Å². The van der Waals surface area contributed by atoms with Crippen LogP contribution in [-0.2, 0) is 6.54 Å². The van der Waals surface area contributed by atoms with E-state index in [-0.39, 0.29) is 17.5 Å². The lowest BCUT2D eigenvalue weighted by Gasteiger charge is -2.32. The van der Waals surface area contributed by atoms with Crippen molar-refractivity contribution in [2.45, 2.75) is 46.2 Å². The Morgan fingerprint density at radius 1 is 1.11 bits per heavy atom. The number of aromatic nitrogens is 1. The van der Waals surface area contributed by atoms with Crippen LogP contribution in [0.5, 0.6) is 0 Å². The van der Waals surface area contributed by atoms with Crippen LogP contribution < -0.4 is 15.5 Å². The molecule has 0 spiro atoms. The van der Waals surface area contributed by atoms with Crippen LogP contribution in [0.15, 0.2) is 48.7 Å². The average molecular weight is 367 g/mol. The van der Waals surface area contributed by atoms with Gasteiger partial charge < -0.3 is 15.5 Å². The summed E-state index contributed by atoms with van der Waals surface area (Å²) < 4.78 is 0. The van der Waals surface area contributed by atoms with Gasteiger partial charge in [-0.2, -0.15) is 0 Å². The first-order valence-electron chi connectivity index (χ1n) is 9.73. The van der Waals surface area contributed by atoms with Gasteiger partial charge in [-0.3, -0.25) is 0 Å². The summed E-state index contributed by atoms with van der Waals surface area (Å²) in [7, 11) is 0. The summed E-state index contributed by atoms with van der Waals surface area (Å²) in [4.78, 5) is 19.3. The van der Waals surface area contributed by atoms with Crippen molar-refractivity contribution in [2.24, 2.45) is 5.41 Å². The van der Waals surface area contributed by atoms with Crippen LogP contribution >= 0.6 is 0 Å². The Kier molecular flexibility index (Phi) is 5.99. The highest BCUT2D eigenvalue weighted by atomic mass is 16.2. The maximum Gasteiger partial charge on any atom is 0.315 e. The summed E-state index contributed by atoms with van der Waals surface area (Å²) in [6.45, 7) is 9.02. The van der Waals surface area contributed by atoms with E-state index in [0.29, 0.717) is 6.54 Å². The number of carbonyl (C=O) groups excluding carboxylic acids is 1. The number of hydrogen-bond donors (Lipinski definition) is 2. The molecule has 0 saturated carbocycles. The highest BCUT2D eigenvalue weighted by Crippen LogP contribution is 2.32. The summed E-state index contributed by atoms with van der Waals surface area (Å²) in [5.41, 5.74) is 2.02. The van der Waals surface area contributed by atoms with Crippen molar-refractivity contribution in [2.75, 3.05) is 18.0 Å². The van der Waals surface area contributed by atoms with Crippen molar-refractivity contribution < 1.29 is 4.79 Å². The molecular weight excluding hydrogens is 336 g/mol. The van der Waals surface area contributed by atoms with E-state index in [4.69, 9.17) is 0 Å². The number of urea groups is 1. The zero-order chi connectivity index (χ0) is 19.3. The van der Waals surface area contributed by atoms with Crippen molar-refractivity contribution in [1.29, 1.82) is 0 Å². The predicted molar refractivity (Wildman–Crippen MR) is 110 cm³/mol. The number of nitrogens with one attached hydrogen (secondary N) is 2. The molecule has 1 unspecified atom stereocenters. The van der Waals surface area contributed by atoms with Crippen LogP contribution in [0.3, 0.4) is 0 Å². The molecule has 0 aliphatic carbocycles. The van der Waals surface area contributed by atoms with Gasteiger partial charge >= 0.3 is 6.03 Å². The molecular formula is C22H30N4O. The Morgan fingerprint density at radius 3 is 2.41 bits per heavy atom. The topological polar surface area (TPSA) is 57.3 Å². The van der Waals surface area contributed by atoms with Crippen LogP contribution in [-0.4, -0.2) is 24.1 Å². The zero-order valence-electron chi connectivity index (χ0n) is 16.5. The molecule has 2 amide bonds. The third-order valence-electron chi connectivity index (χ3n) is 4.97. The fourth-order valence-corrected chi connectivity index (χ4v) is 3.46. The first-order valence-corrected chi connectivity index (χ1v) is 9.73. The average Bonchev–Trinajstić information content (AvgIpc) is 3.19. The van der Waals surface area contributed by atoms with Gasteiger partial charge in [-0.15, -0.1) is 0 Å². The standard InChI is InChI=1S/C22H30N4O/c1-22(2,3)20(18-9-5-4-6-10-18)25-21(27)24-16-17-11-12-19(23-15-17)26-13-7-8-14-26/h4-6,9-12,15,20H,7-8,13-14,16H2,1-3H3,(H2,24,25,27). The molecule has 1 aromatic carbocycles. The lowest BCUT2D eigenvalue weighted by Crippen LogP contribution is -2.42. The van der Waals surface area contributed by atoms with Crippen LogP contribution in [0.2, 0.25) is 0 Å². The third-order valence-corrected chi connectivity index (χ3v) is 4.97. The minimum absolute atomic E-state index is 0.0608. The monoisotopic (exact) mass is 366 g/mol. The number of amides is 2. The Labute approximate surface area is 162 Å². The molecule has 3 rings (SSSR count). The van der Waals surface area contributed by atoms with Crippen molar-refractivity contribution in [3.05, 3.63) is 59.8 Å². The second-order valence-electron chi connectivity index (χ2n) is 8.26. The van der Waals surface area contributed by atoms with Gasteiger partial charge in [0.2, 0.25) is 0 Å². The molecule has 1 aromatic heterocycles. The molecule has 1 aliphatic rings. The molecule has 27 heavy (non-hydrogen) atoms. The van der Waals surface area contributed by atoms with Crippen molar-refractivity contribution in [3.63, 3.8) is 0 Å². The molecule has 2 heterocycles. The lowest BCUT2D eigenvalue weighted by atomic mass is 9.82. The molecule has 0 bridgehead atoms. The summed E-state index contributed by atoms with van der Waals surface area (Å²) in [6, 6.07) is 14.0. The van der Waals surface area contributed by atoms with Gasteiger partial charge in [0.25, 0.3) is 0 Å². The minimum atomic E-state index is -0.164. The number of anilines is 1. The van der Waals surface area contributed by atoms with Crippen LogP contribution in [0.4, 0.5) is 10.6 Å². The van der Waals surface area contributed by atoms with E-state index in [2.05, 4.69) is 53.4 Å². The Bertz CT molecular complexity index is 731. The van der Waals surface area contributed by atoms with Crippen LogP contribution in [0.1, 0.15) is 50.8 Å². The number of nitrogens with zero attached hydrogens (tertiary/aromatic N) is 2. The highest BCUT2D eigenvalue weighted by molar-refractivity contribution is 5.74. The summed E-state index contributed by atoms with van der Waals surface area (Å²) in [5, 5.41) is 6.08. The van der Waals surface area contributed by atoms with E-state index in [9.17, 15) is 4.79 Å². The van der Waals surface area contributed by atoms with Gasteiger partial charge in [0.15, 0.2) is 0 Å². The van der Waals surface area contributed by atoms with E-state index in [1.165, 1.54) is 12.8 Å². The summed E-state index contributed by atoms with van der Waals surface area (Å²) in [6.07, 6.45) is 4.33. The number of carbonyl (C=O) groups is 1. The third kappa shape index (κ3) is 5.22. The van der Waals surface area contributed by atoms with E-state index in [1.54, 1.807) is 0 Å². The smallest absolute Gasteiger partial charge is 0.315 e. The largest absolute Gasteiger partial charge is 0.357 e. The van der Waals surface area contributed by atoms with E-state index in [0.717, 1.165) is 30.0 Å². The number of pyridine rings is 1. The Hall–Kier alpha value is -2.56. The van der Waals surface area contributed by atoms with Gasteiger partial charge in [0.05, 0.1) is 6.04 Å². The van der Waals surface area contributed by atoms with E-state index < -0.39 is 0 Å². The first kappa shape index (κ1) is 19.2.